The second-order valence-corrected chi connectivity index (χ2v) is 8.71. The van der Waals surface area contributed by atoms with E-state index in [1.165, 1.54) is 0 Å². The van der Waals surface area contributed by atoms with E-state index >= 15 is 0 Å². The Morgan fingerprint density at radius 2 is 2.08 bits per heavy atom. The molecule has 1 heterocycles. The van der Waals surface area contributed by atoms with E-state index in [-0.39, 0.29) is 4.90 Å². The van der Waals surface area contributed by atoms with Crippen molar-refractivity contribution in [3.63, 3.8) is 0 Å². The van der Waals surface area contributed by atoms with Gasteiger partial charge in [0.25, 0.3) is 0 Å². The average molecular weight is 371 g/mol. The van der Waals surface area contributed by atoms with Gasteiger partial charge in [0, 0.05) is 44.2 Å². The van der Waals surface area contributed by atoms with Crippen molar-refractivity contribution in [2.24, 2.45) is 4.99 Å². The molecule has 0 radical (unpaired) electrons. The van der Waals surface area contributed by atoms with E-state index in [4.69, 9.17) is 0 Å². The zero-order valence-corrected chi connectivity index (χ0v) is 15.9. The van der Waals surface area contributed by atoms with Crippen molar-refractivity contribution in [3.8, 4) is 0 Å². The SMILES string of the molecule is CCC1CN(C(=NC)NCCNS(=O)(=O)c2ccccc2)CCS1. The first kappa shape index (κ1) is 19.1. The number of hydrogen-bond donors (Lipinski definition) is 2. The highest BCUT2D eigenvalue weighted by atomic mass is 32.2. The van der Waals surface area contributed by atoms with Crippen LogP contribution >= 0.6 is 11.8 Å². The van der Waals surface area contributed by atoms with Gasteiger partial charge >= 0.3 is 0 Å². The predicted molar refractivity (Wildman–Crippen MR) is 101 cm³/mol. The molecule has 0 bridgehead atoms. The van der Waals surface area contributed by atoms with Gasteiger partial charge in [0.15, 0.2) is 5.96 Å². The van der Waals surface area contributed by atoms with Crippen LogP contribution in [0.25, 0.3) is 0 Å². The number of benzene rings is 1. The zero-order valence-electron chi connectivity index (χ0n) is 14.2. The van der Waals surface area contributed by atoms with E-state index in [9.17, 15) is 8.42 Å². The lowest BCUT2D eigenvalue weighted by Gasteiger charge is -2.34. The van der Waals surface area contributed by atoms with E-state index in [2.05, 4.69) is 26.9 Å². The van der Waals surface area contributed by atoms with Crippen LogP contribution in [0, 0.1) is 0 Å². The number of sulfonamides is 1. The van der Waals surface area contributed by atoms with Crippen LogP contribution in [0.15, 0.2) is 40.2 Å². The lowest BCUT2D eigenvalue weighted by molar-refractivity contribution is 0.408. The van der Waals surface area contributed by atoms with Gasteiger partial charge in [0.05, 0.1) is 4.90 Å². The molecular formula is C16H26N4O2S2. The fourth-order valence-electron chi connectivity index (χ4n) is 2.53. The van der Waals surface area contributed by atoms with E-state index in [0.29, 0.717) is 18.3 Å². The Morgan fingerprint density at radius 3 is 2.75 bits per heavy atom. The van der Waals surface area contributed by atoms with Crippen LogP contribution in [-0.2, 0) is 10.0 Å². The van der Waals surface area contributed by atoms with Gasteiger partial charge in [-0.2, -0.15) is 11.8 Å². The first-order valence-corrected chi connectivity index (χ1v) is 10.7. The molecule has 6 nitrogen and oxygen atoms in total. The molecular weight excluding hydrogens is 344 g/mol. The highest BCUT2D eigenvalue weighted by Crippen LogP contribution is 2.20. The van der Waals surface area contributed by atoms with Crippen LogP contribution in [-0.4, -0.2) is 63.5 Å². The molecule has 1 aromatic rings. The summed E-state index contributed by atoms with van der Waals surface area (Å²) in [5, 5.41) is 3.88. The van der Waals surface area contributed by atoms with Gasteiger partial charge in [0.2, 0.25) is 10.0 Å². The van der Waals surface area contributed by atoms with E-state index in [1.54, 1.807) is 37.4 Å². The van der Waals surface area contributed by atoms with Gasteiger partial charge in [-0.1, -0.05) is 25.1 Å². The number of thioether (sulfide) groups is 1. The number of aliphatic imine (C=N–C) groups is 1. The van der Waals surface area contributed by atoms with Crippen LogP contribution in [0.2, 0.25) is 0 Å². The molecule has 0 amide bonds. The molecule has 2 rings (SSSR count). The largest absolute Gasteiger partial charge is 0.355 e. The first-order valence-electron chi connectivity index (χ1n) is 8.18. The lowest BCUT2D eigenvalue weighted by Crippen LogP contribution is -2.49. The minimum Gasteiger partial charge on any atom is -0.355 e. The second kappa shape index (κ2) is 9.29. The van der Waals surface area contributed by atoms with Crippen LogP contribution in [0.1, 0.15) is 13.3 Å². The Morgan fingerprint density at radius 1 is 1.33 bits per heavy atom. The molecule has 1 aliphatic rings. The topological polar surface area (TPSA) is 73.8 Å². The molecule has 8 heteroatoms. The minimum atomic E-state index is -3.45. The minimum absolute atomic E-state index is 0.285. The highest BCUT2D eigenvalue weighted by Gasteiger charge is 2.21. The fraction of sp³-hybridized carbons (Fsp3) is 0.562. The van der Waals surface area contributed by atoms with Gasteiger partial charge in [-0.3, -0.25) is 4.99 Å². The average Bonchev–Trinajstić information content (AvgIpc) is 2.62. The maximum atomic E-state index is 12.1. The van der Waals surface area contributed by atoms with E-state index < -0.39 is 10.0 Å². The van der Waals surface area contributed by atoms with Gasteiger partial charge in [-0.25, -0.2) is 13.1 Å². The normalized spacial score (nSPS) is 19.3. The van der Waals surface area contributed by atoms with Crippen LogP contribution in [0.3, 0.4) is 0 Å². The molecule has 1 unspecified atom stereocenters. The first-order chi connectivity index (χ1) is 11.6. The maximum absolute atomic E-state index is 12.1. The Balaban J connectivity index is 1.80. The number of nitrogens with zero attached hydrogens (tertiary/aromatic N) is 2. The smallest absolute Gasteiger partial charge is 0.240 e. The molecule has 1 atom stereocenters. The van der Waals surface area contributed by atoms with Crippen molar-refractivity contribution in [3.05, 3.63) is 30.3 Å². The molecule has 24 heavy (non-hydrogen) atoms. The molecule has 0 saturated carbocycles. The molecule has 1 aromatic carbocycles. The highest BCUT2D eigenvalue weighted by molar-refractivity contribution is 8.00. The number of hydrogen-bond acceptors (Lipinski definition) is 4. The molecule has 2 N–H and O–H groups in total. The van der Waals surface area contributed by atoms with E-state index in [0.717, 1.165) is 31.2 Å². The third-order valence-corrected chi connectivity index (χ3v) is 6.71. The van der Waals surface area contributed by atoms with Crippen LogP contribution in [0.4, 0.5) is 0 Å². The van der Waals surface area contributed by atoms with Gasteiger partial charge in [0.1, 0.15) is 0 Å². The monoisotopic (exact) mass is 370 g/mol. The summed E-state index contributed by atoms with van der Waals surface area (Å²) < 4.78 is 26.9. The molecule has 0 spiro atoms. The number of rotatable bonds is 6. The van der Waals surface area contributed by atoms with Gasteiger partial charge in [-0.05, 0) is 18.6 Å². The van der Waals surface area contributed by atoms with Crippen molar-refractivity contribution in [2.45, 2.75) is 23.5 Å². The molecule has 0 aromatic heterocycles. The van der Waals surface area contributed by atoms with Crippen molar-refractivity contribution >= 4 is 27.7 Å². The standard InChI is InChI=1S/C16H26N4O2S2/c1-3-14-13-20(11-12-23-14)16(17-2)18-9-10-19-24(21,22)15-7-5-4-6-8-15/h4-8,14,19H,3,9-13H2,1-2H3,(H,17,18). The van der Waals surface area contributed by atoms with E-state index in [1.807, 2.05) is 11.8 Å². The quantitative estimate of drug-likeness (QED) is 0.449. The third-order valence-electron chi connectivity index (χ3n) is 3.86. The summed E-state index contributed by atoms with van der Waals surface area (Å²) in [5.74, 6) is 1.94. The third kappa shape index (κ3) is 5.39. The molecule has 1 saturated heterocycles. The van der Waals surface area contributed by atoms with Crippen molar-refractivity contribution < 1.29 is 8.42 Å². The number of guanidine groups is 1. The summed E-state index contributed by atoms with van der Waals surface area (Å²) in [6.45, 7) is 4.97. The van der Waals surface area contributed by atoms with Crippen molar-refractivity contribution in [2.75, 3.05) is 39.0 Å². The summed E-state index contributed by atoms with van der Waals surface area (Å²) in [6.07, 6.45) is 1.15. The number of nitrogens with one attached hydrogen (secondary N) is 2. The summed E-state index contributed by atoms with van der Waals surface area (Å²) in [5.41, 5.74) is 0. The van der Waals surface area contributed by atoms with Crippen LogP contribution in [0.5, 0.6) is 0 Å². The Hall–Kier alpha value is -1.25. The van der Waals surface area contributed by atoms with Crippen molar-refractivity contribution in [1.29, 1.82) is 0 Å². The maximum Gasteiger partial charge on any atom is 0.240 e. The Labute approximate surface area is 149 Å². The zero-order chi connectivity index (χ0) is 17.4. The molecule has 1 fully saturated rings. The predicted octanol–water partition coefficient (Wildman–Crippen LogP) is 1.37. The molecule has 0 aliphatic carbocycles. The summed E-state index contributed by atoms with van der Waals surface area (Å²) in [7, 11) is -1.69. The summed E-state index contributed by atoms with van der Waals surface area (Å²) in [4.78, 5) is 6.85. The van der Waals surface area contributed by atoms with Gasteiger partial charge in [-0.15, -0.1) is 0 Å². The molecule has 134 valence electrons. The Kier molecular flexibility index (Phi) is 7.39. The van der Waals surface area contributed by atoms with Crippen LogP contribution < -0.4 is 10.0 Å². The molecule has 1 aliphatic heterocycles. The summed E-state index contributed by atoms with van der Waals surface area (Å²) >= 11 is 2.01. The van der Waals surface area contributed by atoms with Crippen molar-refractivity contribution in [1.82, 2.24) is 14.9 Å². The summed E-state index contributed by atoms with van der Waals surface area (Å²) in [6, 6.07) is 8.40. The lowest BCUT2D eigenvalue weighted by atomic mass is 10.3. The van der Waals surface area contributed by atoms with Gasteiger partial charge < -0.3 is 10.2 Å². The second-order valence-electron chi connectivity index (χ2n) is 5.53. The Bertz CT molecular complexity index is 635. The fourth-order valence-corrected chi connectivity index (χ4v) is 4.77.